The number of oxazole rings is 1. The number of halogens is 1. The van der Waals surface area contributed by atoms with Crippen LogP contribution in [0.1, 0.15) is 38.1 Å². The number of aromatic nitrogens is 1. The highest BCUT2D eigenvalue weighted by atomic mass is 19.2. The molecule has 16 heavy (non-hydrogen) atoms. The molecule has 1 aromatic rings. The molecule has 0 aliphatic heterocycles. The fourth-order valence-electron chi connectivity index (χ4n) is 1.47. The molecule has 0 spiro atoms. The van der Waals surface area contributed by atoms with Gasteiger partial charge in [-0.3, -0.25) is 0 Å². The van der Waals surface area contributed by atoms with Crippen LogP contribution in [0.4, 0.5) is 4.48 Å². The Balaban J connectivity index is 0.000000606. The summed E-state index contributed by atoms with van der Waals surface area (Å²) in [5.74, 6) is 1.14. The van der Waals surface area contributed by atoms with Gasteiger partial charge in [-0.05, 0) is 13.0 Å². The Labute approximate surface area is 95.0 Å². The fraction of sp³-hybridized carbons (Fsp3) is 0.417. The van der Waals surface area contributed by atoms with Crippen LogP contribution in [0.5, 0.6) is 0 Å². The molecule has 1 unspecified atom stereocenters. The van der Waals surface area contributed by atoms with E-state index in [2.05, 4.69) is 4.98 Å². The number of allylic oxidation sites excluding steroid dienone is 2. The summed E-state index contributed by atoms with van der Waals surface area (Å²) in [6, 6.07) is 0. The molecule has 1 N–H and O–H groups in total. The zero-order chi connectivity index (χ0) is 12.2. The van der Waals surface area contributed by atoms with E-state index < -0.39 is 5.54 Å². The molecule has 1 atom stereocenters. The van der Waals surface area contributed by atoms with Crippen LogP contribution >= 0.6 is 0 Å². The van der Waals surface area contributed by atoms with Crippen molar-refractivity contribution in [3.63, 3.8) is 0 Å². The SMILES string of the molecule is CC.Cc1nc2c(o1)C=CC=CC2(C)NF. The molecular formula is C12H17FN2O. The number of hydrogen-bond donors (Lipinski definition) is 1. The average molecular weight is 224 g/mol. The Bertz CT molecular complexity index is 409. The molecule has 3 nitrogen and oxygen atoms in total. The van der Waals surface area contributed by atoms with Crippen LogP contribution in [0.25, 0.3) is 6.08 Å². The molecule has 2 rings (SSSR count). The standard InChI is InChI=1S/C10H11FN2O.C2H6/c1-7-12-9-8(14-7)5-3-4-6-10(9,2)13-11;1-2/h3-6,13H,1-2H3;1-2H3. The zero-order valence-electron chi connectivity index (χ0n) is 10.0. The predicted molar refractivity (Wildman–Crippen MR) is 62.4 cm³/mol. The topological polar surface area (TPSA) is 38.1 Å². The second-order valence-electron chi connectivity index (χ2n) is 3.46. The molecular weight excluding hydrogens is 207 g/mol. The molecule has 0 fully saturated rings. The maximum absolute atomic E-state index is 12.7. The van der Waals surface area contributed by atoms with Crippen molar-refractivity contribution in [3.8, 4) is 0 Å². The third-order valence-corrected chi connectivity index (χ3v) is 2.24. The highest BCUT2D eigenvalue weighted by molar-refractivity contribution is 5.53. The Hall–Kier alpha value is -1.42. The Morgan fingerprint density at radius 1 is 1.38 bits per heavy atom. The summed E-state index contributed by atoms with van der Waals surface area (Å²) >= 11 is 0. The summed E-state index contributed by atoms with van der Waals surface area (Å²) in [6.45, 7) is 7.45. The van der Waals surface area contributed by atoms with E-state index in [1.165, 1.54) is 0 Å². The van der Waals surface area contributed by atoms with E-state index in [9.17, 15) is 4.48 Å². The van der Waals surface area contributed by atoms with Gasteiger partial charge in [-0.1, -0.05) is 32.1 Å². The first kappa shape index (κ1) is 12.6. The van der Waals surface area contributed by atoms with E-state index in [1.807, 2.05) is 13.8 Å². The van der Waals surface area contributed by atoms with E-state index in [0.29, 0.717) is 17.3 Å². The van der Waals surface area contributed by atoms with Gasteiger partial charge in [0.25, 0.3) is 0 Å². The summed E-state index contributed by atoms with van der Waals surface area (Å²) < 4.78 is 18.1. The molecule has 4 heteroatoms. The van der Waals surface area contributed by atoms with Crippen molar-refractivity contribution in [1.82, 2.24) is 10.5 Å². The second-order valence-corrected chi connectivity index (χ2v) is 3.46. The number of aryl methyl sites for hydroxylation is 1. The molecule has 0 saturated heterocycles. The number of nitrogens with one attached hydrogen (secondary N) is 1. The fourth-order valence-corrected chi connectivity index (χ4v) is 1.47. The Morgan fingerprint density at radius 2 is 2.06 bits per heavy atom. The zero-order valence-corrected chi connectivity index (χ0v) is 10.0. The third-order valence-electron chi connectivity index (χ3n) is 2.24. The van der Waals surface area contributed by atoms with Gasteiger partial charge in [-0.2, -0.15) is 0 Å². The molecule has 0 amide bonds. The maximum atomic E-state index is 12.7. The Morgan fingerprint density at radius 3 is 2.69 bits per heavy atom. The van der Waals surface area contributed by atoms with Gasteiger partial charge in [-0.25, -0.2) is 4.98 Å². The molecule has 1 heterocycles. The average Bonchev–Trinajstić information content (AvgIpc) is 2.62. The summed E-state index contributed by atoms with van der Waals surface area (Å²) in [6.07, 6.45) is 7.04. The lowest BCUT2D eigenvalue weighted by Gasteiger charge is -2.19. The first-order valence-corrected chi connectivity index (χ1v) is 5.37. The van der Waals surface area contributed by atoms with E-state index in [-0.39, 0.29) is 0 Å². The van der Waals surface area contributed by atoms with Crippen molar-refractivity contribution in [3.05, 3.63) is 35.6 Å². The lowest BCUT2D eigenvalue weighted by molar-refractivity contribution is 0.223. The van der Waals surface area contributed by atoms with Crippen LogP contribution in [-0.2, 0) is 5.54 Å². The second kappa shape index (κ2) is 5.07. The predicted octanol–water partition coefficient (Wildman–Crippen LogP) is 3.28. The van der Waals surface area contributed by atoms with Crippen molar-refractivity contribution < 1.29 is 8.90 Å². The van der Waals surface area contributed by atoms with E-state index >= 15 is 0 Å². The summed E-state index contributed by atoms with van der Waals surface area (Å²) in [5.41, 5.74) is 1.41. The van der Waals surface area contributed by atoms with Gasteiger partial charge in [0, 0.05) is 6.92 Å². The third kappa shape index (κ3) is 2.22. The quantitative estimate of drug-likeness (QED) is 0.744. The largest absolute Gasteiger partial charge is 0.441 e. The highest BCUT2D eigenvalue weighted by Crippen LogP contribution is 2.29. The van der Waals surface area contributed by atoms with Crippen LogP contribution in [0, 0.1) is 6.92 Å². The lowest BCUT2D eigenvalue weighted by Crippen LogP contribution is -2.32. The first-order chi connectivity index (χ1) is 7.65. The number of fused-ring (bicyclic) bond motifs is 1. The van der Waals surface area contributed by atoms with Gasteiger partial charge in [0.15, 0.2) is 11.7 Å². The molecule has 0 saturated carbocycles. The van der Waals surface area contributed by atoms with Crippen LogP contribution in [-0.4, -0.2) is 4.98 Å². The smallest absolute Gasteiger partial charge is 0.192 e. The van der Waals surface area contributed by atoms with Crippen molar-refractivity contribution in [1.29, 1.82) is 0 Å². The van der Waals surface area contributed by atoms with Crippen LogP contribution in [0.2, 0.25) is 0 Å². The van der Waals surface area contributed by atoms with Crippen LogP contribution < -0.4 is 5.54 Å². The lowest BCUT2D eigenvalue weighted by atomic mass is 9.98. The highest BCUT2D eigenvalue weighted by Gasteiger charge is 2.31. The minimum Gasteiger partial charge on any atom is -0.441 e. The van der Waals surface area contributed by atoms with Crippen molar-refractivity contribution >= 4 is 6.08 Å². The monoisotopic (exact) mass is 224 g/mol. The first-order valence-electron chi connectivity index (χ1n) is 5.37. The molecule has 1 aliphatic carbocycles. The normalized spacial score (nSPS) is 22.1. The van der Waals surface area contributed by atoms with Crippen molar-refractivity contribution in [2.75, 3.05) is 0 Å². The van der Waals surface area contributed by atoms with Crippen LogP contribution in [0.3, 0.4) is 0 Å². The maximum Gasteiger partial charge on any atom is 0.192 e. The van der Waals surface area contributed by atoms with Gasteiger partial charge in [-0.15, -0.1) is 10.0 Å². The van der Waals surface area contributed by atoms with Gasteiger partial charge in [0.2, 0.25) is 0 Å². The van der Waals surface area contributed by atoms with Crippen molar-refractivity contribution in [2.45, 2.75) is 33.2 Å². The molecule has 88 valence electrons. The number of nitrogens with zero attached hydrogens (tertiary/aromatic N) is 1. The molecule has 0 bridgehead atoms. The molecule has 1 aliphatic rings. The van der Waals surface area contributed by atoms with E-state index in [1.54, 1.807) is 43.7 Å². The Kier molecular flexibility index (Phi) is 4.01. The summed E-state index contributed by atoms with van der Waals surface area (Å²) in [7, 11) is 0. The number of hydrogen-bond acceptors (Lipinski definition) is 3. The van der Waals surface area contributed by atoms with E-state index in [4.69, 9.17) is 4.42 Å². The minimum atomic E-state index is -0.906. The van der Waals surface area contributed by atoms with Gasteiger partial charge in [0.05, 0.1) is 0 Å². The van der Waals surface area contributed by atoms with Crippen LogP contribution in [0.15, 0.2) is 22.6 Å². The van der Waals surface area contributed by atoms with Gasteiger partial charge >= 0.3 is 0 Å². The minimum absolute atomic E-state index is 0.538. The molecule has 1 aromatic heterocycles. The summed E-state index contributed by atoms with van der Waals surface area (Å²) in [5, 5.41) is 0. The van der Waals surface area contributed by atoms with Gasteiger partial charge in [0.1, 0.15) is 11.2 Å². The molecule has 0 aromatic carbocycles. The van der Waals surface area contributed by atoms with Crippen molar-refractivity contribution in [2.24, 2.45) is 0 Å². The molecule has 0 radical (unpaired) electrons. The van der Waals surface area contributed by atoms with Gasteiger partial charge < -0.3 is 4.42 Å². The summed E-state index contributed by atoms with van der Waals surface area (Å²) in [4.78, 5) is 4.16. The van der Waals surface area contributed by atoms with E-state index in [0.717, 1.165) is 0 Å². The number of rotatable bonds is 1.